The number of hydrogen-bond donors (Lipinski definition) is 0. The number of aryl methyl sites for hydroxylation is 2. The van der Waals surface area contributed by atoms with Crippen LogP contribution in [-0.4, -0.2) is 20.2 Å². The third-order valence-corrected chi connectivity index (χ3v) is 4.70. The molecule has 1 aromatic heterocycles. The van der Waals surface area contributed by atoms with E-state index in [0.29, 0.717) is 22.6 Å². The van der Waals surface area contributed by atoms with Crippen LogP contribution in [0.1, 0.15) is 22.3 Å². The predicted molar refractivity (Wildman–Crippen MR) is 105 cm³/mol. The minimum Gasteiger partial charge on any atom is -0.493 e. The normalized spacial score (nSPS) is 10.7. The highest BCUT2D eigenvalue weighted by atomic mass is 16.5. The lowest BCUT2D eigenvalue weighted by atomic mass is 10.0. The number of fused-ring (bicyclic) bond motifs is 1. The Morgan fingerprint density at radius 3 is 2.46 bits per heavy atom. The van der Waals surface area contributed by atoms with Crippen LogP contribution in [0.2, 0.25) is 0 Å². The summed E-state index contributed by atoms with van der Waals surface area (Å²) < 4.78 is 21.2. The van der Waals surface area contributed by atoms with Crippen LogP contribution in [-0.2, 0) is 22.6 Å². The number of rotatable bonds is 6. The van der Waals surface area contributed by atoms with Crippen LogP contribution in [0, 0.1) is 13.8 Å². The molecule has 28 heavy (non-hydrogen) atoms. The van der Waals surface area contributed by atoms with Gasteiger partial charge in [0.15, 0.2) is 11.5 Å². The van der Waals surface area contributed by atoms with E-state index in [4.69, 9.17) is 18.6 Å². The first kappa shape index (κ1) is 19.5. The van der Waals surface area contributed by atoms with Crippen LogP contribution >= 0.6 is 0 Å². The Bertz CT molecular complexity index is 1080. The van der Waals surface area contributed by atoms with E-state index in [0.717, 1.165) is 22.1 Å². The van der Waals surface area contributed by atoms with Gasteiger partial charge in [-0.1, -0.05) is 18.2 Å². The van der Waals surface area contributed by atoms with Crippen molar-refractivity contribution in [2.75, 3.05) is 14.2 Å². The van der Waals surface area contributed by atoms with Crippen molar-refractivity contribution >= 4 is 16.9 Å². The molecule has 2 aromatic carbocycles. The molecule has 0 N–H and O–H groups in total. The van der Waals surface area contributed by atoms with Gasteiger partial charge in [0.1, 0.15) is 12.2 Å². The van der Waals surface area contributed by atoms with Gasteiger partial charge in [-0.15, -0.1) is 0 Å². The van der Waals surface area contributed by atoms with E-state index in [1.807, 2.05) is 26.0 Å². The van der Waals surface area contributed by atoms with Crippen LogP contribution < -0.4 is 15.1 Å². The van der Waals surface area contributed by atoms with Crippen molar-refractivity contribution in [3.63, 3.8) is 0 Å². The average molecular weight is 382 g/mol. The van der Waals surface area contributed by atoms with Gasteiger partial charge in [-0.2, -0.15) is 0 Å². The molecule has 0 spiro atoms. The Kier molecular flexibility index (Phi) is 5.68. The molecule has 3 rings (SSSR count). The van der Waals surface area contributed by atoms with Crippen molar-refractivity contribution in [3.8, 4) is 11.5 Å². The summed E-state index contributed by atoms with van der Waals surface area (Å²) in [5.41, 5.74) is 3.35. The van der Waals surface area contributed by atoms with Crippen LogP contribution in [0.15, 0.2) is 45.6 Å². The minimum atomic E-state index is -0.466. The first-order valence-electron chi connectivity index (χ1n) is 8.82. The van der Waals surface area contributed by atoms with E-state index in [1.54, 1.807) is 25.3 Å². The predicted octanol–water partition coefficient (Wildman–Crippen LogP) is 3.71. The number of hydrogen-bond acceptors (Lipinski definition) is 6. The maximum Gasteiger partial charge on any atom is 0.336 e. The highest BCUT2D eigenvalue weighted by molar-refractivity contribution is 5.84. The molecule has 0 amide bonds. The van der Waals surface area contributed by atoms with Gasteiger partial charge in [-0.05, 0) is 42.7 Å². The molecule has 0 bridgehead atoms. The van der Waals surface area contributed by atoms with Crippen molar-refractivity contribution in [1.82, 2.24) is 0 Å². The zero-order valence-electron chi connectivity index (χ0n) is 16.3. The van der Waals surface area contributed by atoms with Gasteiger partial charge in [0.05, 0.1) is 20.6 Å². The van der Waals surface area contributed by atoms with Crippen LogP contribution in [0.5, 0.6) is 11.5 Å². The molecule has 0 saturated carbocycles. The number of ether oxygens (including phenoxy) is 3. The topological polar surface area (TPSA) is 75.0 Å². The fourth-order valence-corrected chi connectivity index (χ4v) is 3.01. The molecule has 1 heterocycles. The SMILES string of the molecule is COc1ccc(CC(=O)OCc2cc(=O)oc3c(C)c(C)ccc23)cc1OC. The number of esters is 1. The first-order chi connectivity index (χ1) is 13.4. The van der Waals surface area contributed by atoms with E-state index < -0.39 is 11.6 Å². The third kappa shape index (κ3) is 4.01. The quantitative estimate of drug-likeness (QED) is 0.478. The van der Waals surface area contributed by atoms with E-state index in [9.17, 15) is 9.59 Å². The van der Waals surface area contributed by atoms with Crippen LogP contribution in [0.3, 0.4) is 0 Å². The second-order valence-electron chi connectivity index (χ2n) is 6.50. The van der Waals surface area contributed by atoms with Crippen molar-refractivity contribution in [3.05, 3.63) is 69.1 Å². The molecule has 0 saturated heterocycles. The summed E-state index contributed by atoms with van der Waals surface area (Å²) in [6.07, 6.45) is 0.0812. The summed E-state index contributed by atoms with van der Waals surface area (Å²) in [6.45, 7) is 3.84. The summed E-state index contributed by atoms with van der Waals surface area (Å²) >= 11 is 0. The van der Waals surface area contributed by atoms with E-state index in [2.05, 4.69) is 0 Å². The standard InChI is InChI=1S/C22H22O6/c1-13-5-7-17-16(11-21(24)28-22(17)14(13)2)12-27-20(23)10-15-6-8-18(25-3)19(9-15)26-4/h5-9,11H,10,12H2,1-4H3. The first-order valence-corrected chi connectivity index (χ1v) is 8.82. The molecule has 6 heteroatoms. The van der Waals surface area contributed by atoms with Gasteiger partial charge < -0.3 is 18.6 Å². The molecule has 0 fully saturated rings. The Morgan fingerprint density at radius 1 is 1.00 bits per heavy atom. The summed E-state index contributed by atoms with van der Waals surface area (Å²) in [5, 5.41) is 0.765. The largest absolute Gasteiger partial charge is 0.493 e. The Balaban J connectivity index is 1.76. The maximum absolute atomic E-state index is 12.3. The zero-order valence-corrected chi connectivity index (χ0v) is 16.3. The zero-order chi connectivity index (χ0) is 20.3. The second-order valence-corrected chi connectivity index (χ2v) is 6.50. The van der Waals surface area contributed by atoms with Gasteiger partial charge >= 0.3 is 11.6 Å². The van der Waals surface area contributed by atoms with Crippen LogP contribution in [0.4, 0.5) is 0 Å². The molecule has 3 aromatic rings. The summed E-state index contributed by atoms with van der Waals surface area (Å²) in [5.74, 6) is 0.732. The van der Waals surface area contributed by atoms with Crippen molar-refractivity contribution < 1.29 is 23.4 Å². The van der Waals surface area contributed by atoms with Gasteiger partial charge in [0.2, 0.25) is 0 Å². The van der Waals surface area contributed by atoms with Crippen molar-refractivity contribution in [1.29, 1.82) is 0 Å². The number of carbonyl (C=O) groups is 1. The number of benzene rings is 2. The molecule has 0 aliphatic heterocycles. The summed E-state index contributed by atoms with van der Waals surface area (Å²) in [6, 6.07) is 10.4. The average Bonchev–Trinajstić information content (AvgIpc) is 2.69. The van der Waals surface area contributed by atoms with Gasteiger partial charge in [-0.3, -0.25) is 4.79 Å². The van der Waals surface area contributed by atoms with Gasteiger partial charge in [-0.25, -0.2) is 4.79 Å². The fraction of sp³-hybridized carbons (Fsp3) is 0.273. The van der Waals surface area contributed by atoms with E-state index in [-0.39, 0.29) is 13.0 Å². The van der Waals surface area contributed by atoms with E-state index in [1.165, 1.54) is 13.2 Å². The lowest BCUT2D eigenvalue weighted by Gasteiger charge is -2.11. The maximum atomic E-state index is 12.3. The lowest BCUT2D eigenvalue weighted by molar-refractivity contribution is -0.144. The molecule has 0 aliphatic carbocycles. The number of carbonyl (C=O) groups excluding carboxylic acids is 1. The third-order valence-electron chi connectivity index (χ3n) is 4.70. The molecular weight excluding hydrogens is 360 g/mol. The lowest BCUT2D eigenvalue weighted by Crippen LogP contribution is -2.10. The van der Waals surface area contributed by atoms with Crippen molar-refractivity contribution in [2.45, 2.75) is 26.9 Å². The Labute approximate surface area is 162 Å². The molecule has 6 nitrogen and oxygen atoms in total. The monoisotopic (exact) mass is 382 g/mol. The summed E-state index contributed by atoms with van der Waals surface area (Å²) in [7, 11) is 3.09. The van der Waals surface area contributed by atoms with Crippen LogP contribution in [0.25, 0.3) is 11.0 Å². The highest BCUT2D eigenvalue weighted by Crippen LogP contribution is 2.28. The molecule has 0 atom stereocenters. The Morgan fingerprint density at radius 2 is 1.75 bits per heavy atom. The van der Waals surface area contributed by atoms with Gasteiger partial charge in [0, 0.05) is 17.0 Å². The Hall–Kier alpha value is -3.28. The smallest absolute Gasteiger partial charge is 0.336 e. The summed E-state index contributed by atoms with van der Waals surface area (Å²) in [4.78, 5) is 24.2. The highest BCUT2D eigenvalue weighted by Gasteiger charge is 2.13. The fourth-order valence-electron chi connectivity index (χ4n) is 3.01. The molecule has 0 radical (unpaired) electrons. The van der Waals surface area contributed by atoms with E-state index >= 15 is 0 Å². The van der Waals surface area contributed by atoms with Gasteiger partial charge in [0.25, 0.3) is 0 Å². The molecule has 146 valence electrons. The van der Waals surface area contributed by atoms with Crippen molar-refractivity contribution in [2.24, 2.45) is 0 Å². The number of methoxy groups -OCH3 is 2. The molecule has 0 aliphatic rings. The molecule has 0 unspecified atom stereocenters. The second kappa shape index (κ2) is 8.17. The molecular formula is C22H22O6. The minimum absolute atomic E-state index is 0.00325.